The molecule has 0 spiro atoms. The summed E-state index contributed by atoms with van der Waals surface area (Å²) in [5.41, 5.74) is 4.20. The van der Waals surface area contributed by atoms with E-state index in [0.29, 0.717) is 17.9 Å². The van der Waals surface area contributed by atoms with Gasteiger partial charge in [0.05, 0.1) is 5.56 Å². The first kappa shape index (κ1) is 16.7. The van der Waals surface area contributed by atoms with E-state index in [1.165, 1.54) is 30.4 Å². The number of rotatable bonds is 2. The Morgan fingerprint density at radius 3 is 2.64 bits per heavy atom. The highest BCUT2D eigenvalue weighted by Gasteiger charge is 2.28. The molecule has 1 saturated carbocycles. The van der Waals surface area contributed by atoms with Crippen molar-refractivity contribution in [1.82, 2.24) is 0 Å². The molecule has 1 N–H and O–H groups in total. The summed E-state index contributed by atoms with van der Waals surface area (Å²) < 4.78 is 5.69. The Morgan fingerprint density at radius 1 is 1.08 bits per heavy atom. The Hall–Kier alpha value is -1.77. The molecule has 0 saturated heterocycles. The van der Waals surface area contributed by atoms with Gasteiger partial charge in [-0.05, 0) is 68.6 Å². The minimum absolute atomic E-state index is 0.0301. The van der Waals surface area contributed by atoms with Gasteiger partial charge in [0, 0.05) is 17.9 Å². The Morgan fingerprint density at radius 2 is 1.84 bits per heavy atom. The van der Waals surface area contributed by atoms with Crippen LogP contribution in [-0.2, 0) is 4.79 Å². The molecule has 3 aliphatic rings. The summed E-state index contributed by atoms with van der Waals surface area (Å²) in [5, 5.41) is 10.3. The predicted molar refractivity (Wildman–Crippen MR) is 98.5 cm³/mol. The van der Waals surface area contributed by atoms with Crippen LogP contribution in [0.2, 0.25) is 0 Å². The number of furan rings is 1. The third-order valence-electron chi connectivity index (χ3n) is 6.34. The van der Waals surface area contributed by atoms with Crippen LogP contribution in [0.25, 0.3) is 6.08 Å². The van der Waals surface area contributed by atoms with Gasteiger partial charge >= 0.3 is 0 Å². The van der Waals surface area contributed by atoms with E-state index in [-0.39, 0.29) is 11.7 Å². The molecule has 0 bridgehead atoms. The topological polar surface area (TPSA) is 50.4 Å². The van der Waals surface area contributed by atoms with E-state index >= 15 is 0 Å². The summed E-state index contributed by atoms with van der Waals surface area (Å²) in [4.78, 5) is 12.5. The lowest BCUT2D eigenvalue weighted by molar-refractivity contribution is -0.115. The quantitative estimate of drug-likeness (QED) is 0.682. The maximum Gasteiger partial charge on any atom is 0.289 e. The molecule has 0 atom stereocenters. The molecule has 134 valence electrons. The number of aromatic hydroxyl groups is 1. The molecule has 1 heterocycles. The second-order valence-electron chi connectivity index (χ2n) is 8.14. The molecule has 3 nitrogen and oxygen atoms in total. The highest BCUT2D eigenvalue weighted by Crippen LogP contribution is 2.41. The monoisotopic (exact) mass is 340 g/mol. The van der Waals surface area contributed by atoms with Crippen molar-refractivity contribution in [2.45, 2.75) is 77.0 Å². The summed E-state index contributed by atoms with van der Waals surface area (Å²) in [6, 6.07) is 1.97. The SMILES string of the molecule is CC1CCC(c2cc(/C=C3\C(=O)CCC4=C3CCCC4)c(O)o2)CC1. The number of hydrogen-bond acceptors (Lipinski definition) is 3. The van der Waals surface area contributed by atoms with E-state index in [1.807, 2.05) is 12.1 Å². The molecule has 0 amide bonds. The average Bonchev–Trinajstić information content (AvgIpc) is 2.99. The van der Waals surface area contributed by atoms with Crippen LogP contribution < -0.4 is 0 Å². The minimum atomic E-state index is -0.0301. The first-order chi connectivity index (χ1) is 12.1. The summed E-state index contributed by atoms with van der Waals surface area (Å²) >= 11 is 0. The zero-order valence-electron chi connectivity index (χ0n) is 15.1. The summed E-state index contributed by atoms with van der Waals surface area (Å²) in [5.74, 6) is 2.27. The second kappa shape index (κ2) is 6.86. The van der Waals surface area contributed by atoms with Crippen molar-refractivity contribution < 1.29 is 14.3 Å². The number of carbonyl (C=O) groups excluding carboxylic acids is 1. The predicted octanol–water partition coefficient (Wildman–Crippen LogP) is 5.90. The van der Waals surface area contributed by atoms with E-state index in [0.717, 1.165) is 55.8 Å². The van der Waals surface area contributed by atoms with Gasteiger partial charge < -0.3 is 9.52 Å². The molecule has 0 aromatic carbocycles. The summed E-state index contributed by atoms with van der Waals surface area (Å²) in [6.45, 7) is 2.30. The largest absolute Gasteiger partial charge is 0.480 e. The second-order valence-corrected chi connectivity index (χ2v) is 8.14. The van der Waals surface area contributed by atoms with Gasteiger partial charge in [-0.25, -0.2) is 0 Å². The molecule has 1 aromatic heterocycles. The minimum Gasteiger partial charge on any atom is -0.480 e. The van der Waals surface area contributed by atoms with Gasteiger partial charge in [-0.2, -0.15) is 0 Å². The van der Waals surface area contributed by atoms with Crippen molar-refractivity contribution in [1.29, 1.82) is 0 Å². The van der Waals surface area contributed by atoms with Gasteiger partial charge in [0.15, 0.2) is 5.78 Å². The van der Waals surface area contributed by atoms with Crippen LogP contribution in [-0.4, -0.2) is 10.9 Å². The van der Waals surface area contributed by atoms with Crippen LogP contribution in [0.5, 0.6) is 5.95 Å². The van der Waals surface area contributed by atoms with E-state index < -0.39 is 0 Å². The molecule has 1 aromatic rings. The van der Waals surface area contributed by atoms with Gasteiger partial charge in [0.25, 0.3) is 5.95 Å². The number of Topliss-reactive ketones (excluding diaryl/α,β-unsaturated/α-hetero) is 1. The Balaban J connectivity index is 1.63. The Kier molecular flexibility index (Phi) is 4.58. The Bertz CT molecular complexity index is 726. The smallest absolute Gasteiger partial charge is 0.289 e. The number of allylic oxidation sites excluding steroid dienone is 3. The van der Waals surface area contributed by atoms with E-state index in [2.05, 4.69) is 6.92 Å². The normalized spacial score (nSPS) is 29.2. The van der Waals surface area contributed by atoms with Crippen molar-refractivity contribution >= 4 is 11.9 Å². The van der Waals surface area contributed by atoms with Crippen LogP contribution in [0.4, 0.5) is 0 Å². The summed E-state index contributed by atoms with van der Waals surface area (Å²) in [7, 11) is 0. The maximum absolute atomic E-state index is 12.5. The molecule has 4 rings (SSSR count). The molecule has 1 fully saturated rings. The highest BCUT2D eigenvalue weighted by molar-refractivity contribution is 6.05. The van der Waals surface area contributed by atoms with Gasteiger partial charge in [0.1, 0.15) is 5.76 Å². The fourth-order valence-corrected chi connectivity index (χ4v) is 4.72. The molecule has 0 unspecified atom stereocenters. The molecular formula is C22H28O3. The summed E-state index contributed by atoms with van der Waals surface area (Å²) in [6.07, 6.45) is 12.6. The Labute approximate surface area is 149 Å². The number of ketones is 1. The van der Waals surface area contributed by atoms with Crippen LogP contribution in [0, 0.1) is 5.92 Å². The molecule has 3 aliphatic carbocycles. The third-order valence-corrected chi connectivity index (χ3v) is 6.34. The first-order valence-electron chi connectivity index (χ1n) is 9.90. The van der Waals surface area contributed by atoms with Crippen LogP contribution in [0.3, 0.4) is 0 Å². The van der Waals surface area contributed by atoms with E-state index in [4.69, 9.17) is 4.42 Å². The average molecular weight is 340 g/mol. The van der Waals surface area contributed by atoms with Crippen molar-refractivity contribution in [2.24, 2.45) is 5.92 Å². The lowest BCUT2D eigenvalue weighted by Crippen LogP contribution is -2.16. The van der Waals surface area contributed by atoms with Crippen LogP contribution >= 0.6 is 0 Å². The van der Waals surface area contributed by atoms with E-state index in [1.54, 1.807) is 0 Å². The third kappa shape index (κ3) is 3.33. The van der Waals surface area contributed by atoms with Crippen LogP contribution in [0.15, 0.2) is 27.2 Å². The van der Waals surface area contributed by atoms with Gasteiger partial charge in [-0.1, -0.05) is 25.3 Å². The van der Waals surface area contributed by atoms with Crippen LogP contribution in [0.1, 0.15) is 88.4 Å². The molecule has 0 aliphatic heterocycles. The fourth-order valence-electron chi connectivity index (χ4n) is 4.72. The zero-order valence-corrected chi connectivity index (χ0v) is 15.1. The van der Waals surface area contributed by atoms with Crippen molar-refractivity contribution in [3.8, 4) is 5.95 Å². The lowest BCUT2D eigenvalue weighted by atomic mass is 9.78. The van der Waals surface area contributed by atoms with Gasteiger partial charge in [-0.15, -0.1) is 0 Å². The van der Waals surface area contributed by atoms with Crippen molar-refractivity contribution in [2.75, 3.05) is 0 Å². The number of carbonyl (C=O) groups is 1. The van der Waals surface area contributed by atoms with Gasteiger partial charge in [-0.3, -0.25) is 4.79 Å². The van der Waals surface area contributed by atoms with Crippen molar-refractivity contribution in [3.05, 3.63) is 34.1 Å². The molecule has 25 heavy (non-hydrogen) atoms. The molecular weight excluding hydrogens is 312 g/mol. The maximum atomic E-state index is 12.5. The molecule has 0 radical (unpaired) electrons. The fraction of sp³-hybridized carbons (Fsp3) is 0.591. The highest BCUT2D eigenvalue weighted by atomic mass is 16.5. The van der Waals surface area contributed by atoms with Crippen molar-refractivity contribution in [3.63, 3.8) is 0 Å². The standard InChI is InChI=1S/C22H28O3/c1-14-6-8-16(9-7-14)21-13-17(22(24)25-21)12-19-18-5-3-2-4-15(18)10-11-20(19)23/h12-14,16,24H,2-11H2,1H3/b19-12-. The molecule has 3 heteroatoms. The van der Waals surface area contributed by atoms with E-state index in [9.17, 15) is 9.90 Å². The first-order valence-corrected chi connectivity index (χ1v) is 9.90. The van der Waals surface area contributed by atoms with Gasteiger partial charge in [0.2, 0.25) is 0 Å². The zero-order chi connectivity index (χ0) is 17.4. The number of hydrogen-bond donors (Lipinski definition) is 1. The lowest BCUT2D eigenvalue weighted by Gasteiger charge is -2.26.